The first kappa shape index (κ1) is 17.2. The van der Waals surface area contributed by atoms with Crippen LogP contribution in [0.15, 0.2) is 36.5 Å². The van der Waals surface area contributed by atoms with Crippen molar-refractivity contribution in [3.8, 4) is 5.75 Å². The summed E-state index contributed by atoms with van der Waals surface area (Å²) in [5.41, 5.74) is 2.96. The van der Waals surface area contributed by atoms with E-state index in [0.717, 1.165) is 19.3 Å². The highest BCUT2D eigenvalue weighted by Gasteiger charge is 2.13. The summed E-state index contributed by atoms with van der Waals surface area (Å²) >= 11 is 5.84. The highest BCUT2D eigenvalue weighted by Crippen LogP contribution is 2.26. The molecule has 0 bridgehead atoms. The van der Waals surface area contributed by atoms with Gasteiger partial charge in [0.15, 0.2) is 18.4 Å². The van der Waals surface area contributed by atoms with E-state index in [1.54, 1.807) is 12.1 Å². The van der Waals surface area contributed by atoms with Crippen LogP contribution in [0, 0.1) is 0 Å². The SMILES string of the molecule is O=C(COC(=O)COc1ccc2c(c1)CCC2)Nc1cccnc1Cl. The van der Waals surface area contributed by atoms with Gasteiger partial charge in [0.05, 0.1) is 5.69 Å². The fraction of sp³-hybridized carbons (Fsp3) is 0.278. The topological polar surface area (TPSA) is 77.5 Å². The first-order valence-corrected chi connectivity index (χ1v) is 8.30. The Hall–Kier alpha value is -2.60. The Kier molecular flexibility index (Phi) is 5.50. The molecule has 0 fully saturated rings. The van der Waals surface area contributed by atoms with Crippen molar-refractivity contribution in [2.24, 2.45) is 0 Å². The molecule has 0 atom stereocenters. The zero-order valence-corrected chi connectivity index (χ0v) is 14.2. The maximum Gasteiger partial charge on any atom is 0.344 e. The molecule has 0 aliphatic heterocycles. The van der Waals surface area contributed by atoms with Crippen molar-refractivity contribution >= 4 is 29.2 Å². The van der Waals surface area contributed by atoms with Crippen molar-refractivity contribution < 1.29 is 19.1 Å². The predicted molar refractivity (Wildman–Crippen MR) is 92.8 cm³/mol. The van der Waals surface area contributed by atoms with Gasteiger partial charge in [0.1, 0.15) is 5.75 Å². The number of aromatic nitrogens is 1. The van der Waals surface area contributed by atoms with E-state index in [1.807, 2.05) is 18.2 Å². The highest BCUT2D eigenvalue weighted by molar-refractivity contribution is 6.32. The lowest BCUT2D eigenvalue weighted by Crippen LogP contribution is -2.23. The van der Waals surface area contributed by atoms with E-state index in [9.17, 15) is 9.59 Å². The van der Waals surface area contributed by atoms with Gasteiger partial charge < -0.3 is 14.8 Å². The Morgan fingerprint density at radius 2 is 2.00 bits per heavy atom. The average molecular weight is 361 g/mol. The Labute approximate surface area is 150 Å². The Bertz CT molecular complexity index is 794. The standard InChI is InChI=1S/C18H17ClN2O4/c19-18-15(5-2-8-20-18)21-16(22)10-25-17(23)11-24-14-7-6-12-3-1-4-13(12)9-14/h2,5-9H,1,3-4,10-11H2,(H,21,22). The molecule has 0 unspecified atom stereocenters. The van der Waals surface area contributed by atoms with Crippen molar-refractivity contribution in [1.29, 1.82) is 0 Å². The normalized spacial score (nSPS) is 12.4. The molecule has 0 radical (unpaired) electrons. The van der Waals surface area contributed by atoms with Gasteiger partial charge in [-0.3, -0.25) is 4.79 Å². The molecule has 1 N–H and O–H groups in total. The van der Waals surface area contributed by atoms with E-state index in [-0.39, 0.29) is 11.8 Å². The molecule has 25 heavy (non-hydrogen) atoms. The van der Waals surface area contributed by atoms with Crippen molar-refractivity contribution in [1.82, 2.24) is 4.98 Å². The number of rotatable bonds is 6. The molecule has 1 aliphatic rings. The second kappa shape index (κ2) is 7.98. The minimum atomic E-state index is -0.618. The van der Waals surface area contributed by atoms with E-state index in [1.165, 1.54) is 17.3 Å². The predicted octanol–water partition coefficient (Wildman–Crippen LogP) is 2.78. The zero-order valence-electron chi connectivity index (χ0n) is 13.5. The molecule has 2 aromatic rings. The molecule has 1 aliphatic carbocycles. The number of carbonyl (C=O) groups excluding carboxylic acids is 2. The Morgan fingerprint density at radius 1 is 1.16 bits per heavy atom. The molecule has 3 rings (SSSR count). The molecule has 0 spiro atoms. The molecule has 1 aromatic heterocycles. The van der Waals surface area contributed by atoms with Crippen molar-refractivity contribution in [2.75, 3.05) is 18.5 Å². The molecule has 0 saturated carbocycles. The number of pyridine rings is 1. The molecule has 130 valence electrons. The van der Waals surface area contributed by atoms with E-state index >= 15 is 0 Å². The molecular weight excluding hydrogens is 344 g/mol. The summed E-state index contributed by atoms with van der Waals surface area (Å²) < 4.78 is 10.3. The van der Waals surface area contributed by atoms with Gasteiger partial charge in [-0.2, -0.15) is 0 Å². The van der Waals surface area contributed by atoms with Gasteiger partial charge in [-0.25, -0.2) is 9.78 Å². The van der Waals surface area contributed by atoms with Crippen LogP contribution in [-0.2, 0) is 27.2 Å². The fourth-order valence-corrected chi connectivity index (χ4v) is 2.80. The van der Waals surface area contributed by atoms with Crippen LogP contribution in [0.4, 0.5) is 5.69 Å². The Balaban J connectivity index is 1.42. The maximum absolute atomic E-state index is 11.8. The van der Waals surface area contributed by atoms with Crippen LogP contribution in [0.1, 0.15) is 17.5 Å². The van der Waals surface area contributed by atoms with Crippen LogP contribution in [0.3, 0.4) is 0 Å². The minimum Gasteiger partial charge on any atom is -0.482 e. The number of hydrogen-bond donors (Lipinski definition) is 1. The highest BCUT2D eigenvalue weighted by atomic mass is 35.5. The average Bonchev–Trinajstić information content (AvgIpc) is 3.08. The number of ether oxygens (including phenoxy) is 2. The molecule has 7 heteroatoms. The van der Waals surface area contributed by atoms with Crippen molar-refractivity contribution in [3.05, 3.63) is 52.8 Å². The van der Waals surface area contributed by atoms with E-state index in [2.05, 4.69) is 10.3 Å². The van der Waals surface area contributed by atoms with E-state index < -0.39 is 18.5 Å². The van der Waals surface area contributed by atoms with Crippen LogP contribution in [-0.4, -0.2) is 30.1 Å². The largest absolute Gasteiger partial charge is 0.482 e. The van der Waals surface area contributed by atoms with Gasteiger partial charge in [0.25, 0.3) is 5.91 Å². The van der Waals surface area contributed by atoms with Crippen LogP contribution in [0.2, 0.25) is 5.15 Å². The number of hydrogen-bond acceptors (Lipinski definition) is 5. The third kappa shape index (κ3) is 4.70. The molecular formula is C18H17ClN2O4. The maximum atomic E-state index is 11.8. The molecule has 1 amide bonds. The summed E-state index contributed by atoms with van der Waals surface area (Å²) in [5, 5.41) is 2.68. The summed E-state index contributed by atoms with van der Waals surface area (Å²) in [6.07, 6.45) is 4.78. The van der Waals surface area contributed by atoms with Crippen LogP contribution >= 0.6 is 11.6 Å². The lowest BCUT2D eigenvalue weighted by Gasteiger charge is -2.09. The van der Waals surface area contributed by atoms with Gasteiger partial charge in [-0.1, -0.05) is 17.7 Å². The number of benzene rings is 1. The first-order valence-electron chi connectivity index (χ1n) is 7.92. The summed E-state index contributed by atoms with van der Waals surface area (Å²) in [6.45, 7) is -0.669. The van der Waals surface area contributed by atoms with E-state index in [0.29, 0.717) is 11.4 Å². The lowest BCUT2D eigenvalue weighted by molar-refractivity contribution is -0.149. The number of halogens is 1. The van der Waals surface area contributed by atoms with E-state index in [4.69, 9.17) is 21.1 Å². The molecule has 6 nitrogen and oxygen atoms in total. The zero-order chi connectivity index (χ0) is 17.6. The number of nitrogens with one attached hydrogen (secondary N) is 1. The molecule has 0 saturated heterocycles. The van der Waals surface area contributed by atoms with Gasteiger partial charge >= 0.3 is 5.97 Å². The first-order chi connectivity index (χ1) is 12.1. The van der Waals surface area contributed by atoms with Crippen LogP contribution in [0.25, 0.3) is 0 Å². The molecule has 1 aromatic carbocycles. The monoisotopic (exact) mass is 360 g/mol. The Morgan fingerprint density at radius 3 is 2.84 bits per heavy atom. The number of aryl methyl sites for hydroxylation is 2. The smallest absolute Gasteiger partial charge is 0.344 e. The quantitative estimate of drug-likeness (QED) is 0.633. The van der Waals surface area contributed by atoms with Crippen molar-refractivity contribution in [3.63, 3.8) is 0 Å². The number of amides is 1. The molecule has 1 heterocycles. The second-order valence-electron chi connectivity index (χ2n) is 5.62. The van der Waals surface area contributed by atoms with Crippen molar-refractivity contribution in [2.45, 2.75) is 19.3 Å². The summed E-state index contributed by atoms with van der Waals surface area (Å²) in [7, 11) is 0. The number of fused-ring (bicyclic) bond motifs is 1. The van der Waals surface area contributed by atoms with Crippen LogP contribution in [0.5, 0.6) is 5.75 Å². The third-order valence-electron chi connectivity index (χ3n) is 3.82. The third-order valence-corrected chi connectivity index (χ3v) is 4.13. The van der Waals surface area contributed by atoms with Gasteiger partial charge in [0, 0.05) is 6.20 Å². The summed E-state index contributed by atoms with van der Waals surface area (Å²) in [6, 6.07) is 9.05. The van der Waals surface area contributed by atoms with Gasteiger partial charge in [0.2, 0.25) is 0 Å². The number of esters is 1. The summed E-state index contributed by atoms with van der Waals surface area (Å²) in [4.78, 5) is 27.3. The fourth-order valence-electron chi connectivity index (χ4n) is 2.63. The number of nitrogens with zero attached hydrogens (tertiary/aromatic N) is 1. The van der Waals surface area contributed by atoms with Gasteiger partial charge in [-0.15, -0.1) is 0 Å². The summed E-state index contributed by atoms with van der Waals surface area (Å²) in [5.74, 6) is -0.488. The lowest BCUT2D eigenvalue weighted by atomic mass is 10.1. The van der Waals surface area contributed by atoms with Gasteiger partial charge in [-0.05, 0) is 54.7 Å². The van der Waals surface area contributed by atoms with Crippen LogP contribution < -0.4 is 10.1 Å². The number of carbonyl (C=O) groups is 2. The minimum absolute atomic E-state index is 0.169. The second-order valence-corrected chi connectivity index (χ2v) is 5.98. The number of anilines is 1.